The number of hydrogen-bond acceptors (Lipinski definition) is 5. The van der Waals surface area contributed by atoms with Gasteiger partial charge in [0.1, 0.15) is 0 Å². The second-order valence-electron chi connectivity index (χ2n) is 7.53. The second kappa shape index (κ2) is 8.77. The Kier molecular flexibility index (Phi) is 6.12. The molecule has 0 bridgehead atoms. The Hall–Kier alpha value is -2.03. The SMILES string of the molecule is Cc1cc(C(=O)N2CCN(CC(=O)N3CCOCC3)CC2)c2ccc(Br)cc2n1. The summed E-state index contributed by atoms with van der Waals surface area (Å²) in [5.74, 6) is 0.177. The zero-order chi connectivity index (χ0) is 20.4. The summed E-state index contributed by atoms with van der Waals surface area (Å²) in [7, 11) is 0. The second-order valence-corrected chi connectivity index (χ2v) is 8.45. The van der Waals surface area contributed by atoms with Crippen LogP contribution < -0.4 is 0 Å². The topological polar surface area (TPSA) is 66.0 Å². The summed E-state index contributed by atoms with van der Waals surface area (Å²) in [5, 5.41) is 0.869. The first-order valence-electron chi connectivity index (χ1n) is 9.95. The number of nitrogens with zero attached hydrogens (tertiary/aromatic N) is 4. The van der Waals surface area contributed by atoms with Crippen molar-refractivity contribution in [3.8, 4) is 0 Å². The molecule has 0 unspecified atom stereocenters. The van der Waals surface area contributed by atoms with Gasteiger partial charge in [0.15, 0.2) is 0 Å². The molecule has 7 nitrogen and oxygen atoms in total. The molecule has 3 heterocycles. The molecule has 2 aliphatic heterocycles. The van der Waals surface area contributed by atoms with Gasteiger partial charge in [0.2, 0.25) is 5.91 Å². The Morgan fingerprint density at radius 3 is 2.48 bits per heavy atom. The van der Waals surface area contributed by atoms with Crippen molar-refractivity contribution in [2.24, 2.45) is 0 Å². The number of pyridine rings is 1. The Morgan fingerprint density at radius 2 is 1.76 bits per heavy atom. The van der Waals surface area contributed by atoms with E-state index in [2.05, 4.69) is 25.8 Å². The molecule has 2 aliphatic rings. The molecule has 0 aliphatic carbocycles. The van der Waals surface area contributed by atoms with E-state index in [0.29, 0.717) is 64.6 Å². The maximum absolute atomic E-state index is 13.2. The van der Waals surface area contributed by atoms with Gasteiger partial charge < -0.3 is 14.5 Å². The van der Waals surface area contributed by atoms with E-state index in [0.717, 1.165) is 21.1 Å². The molecule has 4 rings (SSSR count). The van der Waals surface area contributed by atoms with Crippen LogP contribution >= 0.6 is 15.9 Å². The fraction of sp³-hybridized carbons (Fsp3) is 0.476. The summed E-state index contributed by atoms with van der Waals surface area (Å²) < 4.78 is 6.25. The van der Waals surface area contributed by atoms with Crippen LogP contribution in [0.5, 0.6) is 0 Å². The van der Waals surface area contributed by atoms with E-state index >= 15 is 0 Å². The fourth-order valence-corrected chi connectivity index (χ4v) is 4.24. The number of amides is 2. The molecule has 2 aromatic rings. The molecular weight excluding hydrogens is 436 g/mol. The molecule has 154 valence electrons. The summed E-state index contributed by atoms with van der Waals surface area (Å²) >= 11 is 3.47. The zero-order valence-electron chi connectivity index (χ0n) is 16.6. The Labute approximate surface area is 178 Å². The third-order valence-corrected chi connectivity index (χ3v) is 6.01. The van der Waals surface area contributed by atoms with Gasteiger partial charge in [-0.2, -0.15) is 0 Å². The molecule has 1 aromatic carbocycles. The summed E-state index contributed by atoms with van der Waals surface area (Å²) in [6, 6.07) is 7.68. The molecular formula is C21H25BrN4O3. The van der Waals surface area contributed by atoms with Crippen molar-refractivity contribution in [2.45, 2.75) is 6.92 Å². The number of morpholine rings is 1. The normalized spacial score (nSPS) is 18.3. The third-order valence-electron chi connectivity index (χ3n) is 5.51. The summed E-state index contributed by atoms with van der Waals surface area (Å²) in [6.07, 6.45) is 0. The van der Waals surface area contributed by atoms with Gasteiger partial charge in [0.05, 0.1) is 30.8 Å². The lowest BCUT2D eigenvalue weighted by molar-refractivity contribution is -0.136. The minimum absolute atomic E-state index is 0.0296. The van der Waals surface area contributed by atoms with Crippen LogP contribution in [0.25, 0.3) is 10.9 Å². The van der Waals surface area contributed by atoms with Gasteiger partial charge in [-0.3, -0.25) is 19.5 Å². The number of carbonyl (C=O) groups is 2. The van der Waals surface area contributed by atoms with Crippen molar-refractivity contribution in [3.05, 3.63) is 40.0 Å². The van der Waals surface area contributed by atoms with Crippen molar-refractivity contribution in [2.75, 3.05) is 59.0 Å². The third kappa shape index (κ3) is 4.60. The minimum atomic E-state index is 0.0296. The lowest BCUT2D eigenvalue weighted by atomic mass is 10.1. The van der Waals surface area contributed by atoms with E-state index in [-0.39, 0.29) is 11.8 Å². The van der Waals surface area contributed by atoms with E-state index in [9.17, 15) is 9.59 Å². The van der Waals surface area contributed by atoms with Gasteiger partial charge in [-0.1, -0.05) is 22.0 Å². The Balaban J connectivity index is 1.40. The van der Waals surface area contributed by atoms with E-state index in [4.69, 9.17) is 4.74 Å². The monoisotopic (exact) mass is 460 g/mol. The molecule has 0 saturated carbocycles. The number of piperazine rings is 1. The highest BCUT2D eigenvalue weighted by Gasteiger charge is 2.26. The van der Waals surface area contributed by atoms with Crippen LogP contribution in [0.1, 0.15) is 16.1 Å². The highest BCUT2D eigenvalue weighted by atomic mass is 79.9. The van der Waals surface area contributed by atoms with Crippen LogP contribution in [0.15, 0.2) is 28.7 Å². The van der Waals surface area contributed by atoms with Gasteiger partial charge in [-0.25, -0.2) is 0 Å². The first-order valence-corrected chi connectivity index (χ1v) is 10.7. The van der Waals surface area contributed by atoms with Crippen LogP contribution in [0, 0.1) is 6.92 Å². The van der Waals surface area contributed by atoms with E-state index in [1.807, 2.05) is 41.0 Å². The molecule has 2 saturated heterocycles. The standard InChI is InChI=1S/C21H25BrN4O3/c1-15-12-18(17-3-2-16(22)13-19(17)23-15)21(28)26-6-4-24(5-7-26)14-20(27)25-8-10-29-11-9-25/h2-3,12-13H,4-11,14H2,1H3. The number of ether oxygens (including phenoxy) is 1. The quantitative estimate of drug-likeness (QED) is 0.699. The number of carbonyl (C=O) groups excluding carboxylic acids is 2. The van der Waals surface area contributed by atoms with Crippen LogP contribution in [0.2, 0.25) is 0 Å². The molecule has 8 heteroatoms. The molecule has 2 amide bonds. The average Bonchev–Trinajstić information content (AvgIpc) is 2.73. The molecule has 1 aromatic heterocycles. The average molecular weight is 461 g/mol. The van der Waals surface area contributed by atoms with Gasteiger partial charge in [-0.15, -0.1) is 0 Å². The smallest absolute Gasteiger partial charge is 0.254 e. The maximum atomic E-state index is 13.2. The van der Waals surface area contributed by atoms with Crippen LogP contribution in [-0.4, -0.2) is 90.5 Å². The fourth-order valence-electron chi connectivity index (χ4n) is 3.89. The van der Waals surface area contributed by atoms with E-state index in [1.165, 1.54) is 0 Å². The van der Waals surface area contributed by atoms with Crippen molar-refractivity contribution < 1.29 is 14.3 Å². The minimum Gasteiger partial charge on any atom is -0.378 e. The largest absolute Gasteiger partial charge is 0.378 e. The van der Waals surface area contributed by atoms with Crippen molar-refractivity contribution >= 4 is 38.6 Å². The lowest BCUT2D eigenvalue weighted by Crippen LogP contribution is -2.52. The van der Waals surface area contributed by atoms with Crippen LogP contribution in [-0.2, 0) is 9.53 Å². The van der Waals surface area contributed by atoms with Gasteiger partial charge in [0.25, 0.3) is 5.91 Å². The van der Waals surface area contributed by atoms with Gasteiger partial charge in [-0.05, 0) is 25.1 Å². The number of aromatic nitrogens is 1. The van der Waals surface area contributed by atoms with E-state index in [1.54, 1.807) is 0 Å². The van der Waals surface area contributed by atoms with Crippen molar-refractivity contribution in [1.82, 2.24) is 19.7 Å². The van der Waals surface area contributed by atoms with Crippen LogP contribution in [0.3, 0.4) is 0 Å². The predicted molar refractivity (Wildman–Crippen MR) is 114 cm³/mol. The molecule has 2 fully saturated rings. The number of benzene rings is 1. The Morgan fingerprint density at radius 1 is 1.03 bits per heavy atom. The highest BCUT2D eigenvalue weighted by molar-refractivity contribution is 9.10. The predicted octanol–water partition coefficient (Wildman–Crippen LogP) is 1.92. The molecule has 29 heavy (non-hydrogen) atoms. The maximum Gasteiger partial charge on any atom is 0.254 e. The number of aryl methyl sites for hydroxylation is 1. The first-order chi connectivity index (χ1) is 14.0. The molecule has 0 N–H and O–H groups in total. The van der Waals surface area contributed by atoms with Crippen LogP contribution in [0.4, 0.5) is 0 Å². The number of rotatable bonds is 3. The summed E-state index contributed by atoms with van der Waals surface area (Å²) in [5.41, 5.74) is 2.34. The number of halogens is 1. The summed E-state index contributed by atoms with van der Waals surface area (Å²) in [6.45, 7) is 7.53. The lowest BCUT2D eigenvalue weighted by Gasteiger charge is -2.36. The Bertz CT molecular complexity index is 916. The van der Waals surface area contributed by atoms with Crippen molar-refractivity contribution in [3.63, 3.8) is 0 Å². The summed E-state index contributed by atoms with van der Waals surface area (Å²) in [4.78, 5) is 36.1. The first kappa shape index (κ1) is 20.3. The number of fused-ring (bicyclic) bond motifs is 1. The molecule has 0 spiro atoms. The van der Waals surface area contributed by atoms with Gasteiger partial charge >= 0.3 is 0 Å². The molecule has 0 radical (unpaired) electrons. The van der Waals surface area contributed by atoms with Gasteiger partial charge in [0, 0.05) is 54.8 Å². The van der Waals surface area contributed by atoms with Crippen molar-refractivity contribution in [1.29, 1.82) is 0 Å². The molecule has 0 atom stereocenters. The number of hydrogen-bond donors (Lipinski definition) is 0. The highest BCUT2D eigenvalue weighted by Crippen LogP contribution is 2.24. The van der Waals surface area contributed by atoms with E-state index < -0.39 is 0 Å². The zero-order valence-corrected chi connectivity index (χ0v) is 18.2.